The standard InChI is InChI=1S/C32H42FN9O3Si/c1-32(2,3)45-31(43)37-25-12-9-13-26(28(25)38-40-34)42-27-18-21(29-35-19-41(39-29)20-44-16-17-46(4,5)6)14-15-24(27)36-30(42)22-10-7-8-11-23(22)33/h7-8,10-11,14-15,18-19,25-26,28H,9,12-13,16-17,20H2,1-6H3,(H,37,43)/t25-,26+,28+/m0/s1. The number of hydrogen-bond donors (Lipinski definition) is 1. The highest BCUT2D eigenvalue weighted by Gasteiger charge is 2.38. The van der Waals surface area contributed by atoms with E-state index in [0.717, 1.165) is 18.0 Å². The summed E-state index contributed by atoms with van der Waals surface area (Å²) in [5, 5.41) is 11.7. The molecule has 0 bridgehead atoms. The van der Waals surface area contributed by atoms with Crippen molar-refractivity contribution in [2.45, 2.75) is 96.2 Å². The summed E-state index contributed by atoms with van der Waals surface area (Å²) < 4.78 is 30.3. The van der Waals surface area contributed by atoms with Crippen molar-refractivity contribution in [1.29, 1.82) is 0 Å². The van der Waals surface area contributed by atoms with Crippen LogP contribution in [0, 0.1) is 5.82 Å². The second kappa shape index (κ2) is 13.6. The summed E-state index contributed by atoms with van der Waals surface area (Å²) in [4.78, 5) is 25.3. The number of hydrogen-bond acceptors (Lipinski definition) is 7. The molecule has 0 radical (unpaired) electrons. The third kappa shape index (κ3) is 7.93. The van der Waals surface area contributed by atoms with E-state index in [1.807, 2.05) is 22.8 Å². The van der Waals surface area contributed by atoms with Gasteiger partial charge in [0.15, 0.2) is 5.82 Å². The molecule has 244 valence electrons. The number of benzene rings is 2. The van der Waals surface area contributed by atoms with E-state index in [0.29, 0.717) is 54.4 Å². The summed E-state index contributed by atoms with van der Waals surface area (Å²) in [6, 6.07) is 11.6. The van der Waals surface area contributed by atoms with Gasteiger partial charge in [-0.15, -0.1) is 5.10 Å². The number of imidazole rings is 1. The minimum Gasteiger partial charge on any atom is -0.444 e. The highest BCUT2D eigenvalue weighted by atomic mass is 28.3. The van der Waals surface area contributed by atoms with Crippen LogP contribution in [-0.4, -0.2) is 62.8 Å². The van der Waals surface area contributed by atoms with E-state index in [2.05, 4.69) is 45.1 Å². The van der Waals surface area contributed by atoms with Crippen molar-refractivity contribution in [3.63, 3.8) is 0 Å². The number of amides is 1. The van der Waals surface area contributed by atoms with Crippen molar-refractivity contribution in [1.82, 2.24) is 29.6 Å². The molecule has 1 fully saturated rings. The van der Waals surface area contributed by atoms with E-state index in [9.17, 15) is 10.3 Å². The molecule has 46 heavy (non-hydrogen) atoms. The first-order valence-corrected chi connectivity index (χ1v) is 19.3. The number of nitrogens with one attached hydrogen (secondary N) is 1. The van der Waals surface area contributed by atoms with Crippen molar-refractivity contribution in [2.24, 2.45) is 5.11 Å². The number of azide groups is 1. The molecule has 14 heteroatoms. The molecule has 1 N–H and O–H groups in total. The molecule has 1 saturated carbocycles. The van der Waals surface area contributed by atoms with Gasteiger partial charge in [-0.1, -0.05) is 36.9 Å². The Morgan fingerprint density at radius 3 is 2.70 bits per heavy atom. The maximum Gasteiger partial charge on any atom is 0.407 e. The zero-order chi connectivity index (χ0) is 33.1. The number of fused-ring (bicyclic) bond motifs is 1. The number of halogens is 1. The molecule has 5 rings (SSSR count). The van der Waals surface area contributed by atoms with Crippen molar-refractivity contribution in [3.8, 4) is 22.8 Å². The quantitative estimate of drug-likeness (QED) is 0.0614. The van der Waals surface area contributed by atoms with E-state index < -0.39 is 43.7 Å². The minimum atomic E-state index is -1.20. The van der Waals surface area contributed by atoms with E-state index in [-0.39, 0.29) is 0 Å². The SMILES string of the molecule is CC(C)(C)OC(=O)N[C@H]1CCC[C@@H](n2c(-c3ccccc3F)nc3ccc(-c4ncn(COCC[Si](C)(C)C)n4)cc32)[C@@H]1N=[N+]=[N-]. The van der Waals surface area contributed by atoms with Crippen LogP contribution < -0.4 is 5.32 Å². The first-order chi connectivity index (χ1) is 21.8. The Morgan fingerprint density at radius 1 is 1.20 bits per heavy atom. The highest BCUT2D eigenvalue weighted by molar-refractivity contribution is 6.76. The van der Waals surface area contributed by atoms with Crippen molar-refractivity contribution < 1.29 is 18.7 Å². The Bertz CT molecular complexity index is 1740. The Hall–Kier alpha value is -4.26. The van der Waals surface area contributed by atoms with Crippen molar-refractivity contribution in [2.75, 3.05) is 6.61 Å². The van der Waals surface area contributed by atoms with Gasteiger partial charge in [-0.05, 0) is 81.9 Å². The first-order valence-electron chi connectivity index (χ1n) is 15.6. The van der Waals surface area contributed by atoms with Crippen LogP contribution in [0.2, 0.25) is 25.7 Å². The summed E-state index contributed by atoms with van der Waals surface area (Å²) in [6.07, 6.45) is 2.99. The smallest absolute Gasteiger partial charge is 0.407 e. The van der Waals surface area contributed by atoms with Gasteiger partial charge >= 0.3 is 6.09 Å². The lowest BCUT2D eigenvalue weighted by atomic mass is 9.86. The van der Waals surface area contributed by atoms with Crippen LogP contribution in [0.3, 0.4) is 0 Å². The van der Waals surface area contributed by atoms with Gasteiger partial charge in [0.05, 0.1) is 22.6 Å². The van der Waals surface area contributed by atoms with E-state index >= 15 is 4.39 Å². The average Bonchev–Trinajstić information content (AvgIpc) is 3.60. The zero-order valence-electron chi connectivity index (χ0n) is 27.3. The lowest BCUT2D eigenvalue weighted by molar-refractivity contribution is 0.0476. The van der Waals surface area contributed by atoms with E-state index in [1.54, 1.807) is 50.0 Å². The van der Waals surface area contributed by atoms with Crippen LogP contribution >= 0.6 is 0 Å². The Balaban J connectivity index is 1.54. The molecule has 0 saturated heterocycles. The summed E-state index contributed by atoms with van der Waals surface area (Å²) in [6.45, 7) is 13.3. The van der Waals surface area contributed by atoms with E-state index in [1.165, 1.54) is 6.07 Å². The second-order valence-corrected chi connectivity index (χ2v) is 19.5. The molecule has 0 aliphatic heterocycles. The number of carbonyl (C=O) groups is 1. The molecular formula is C32H42FN9O3Si. The largest absolute Gasteiger partial charge is 0.444 e. The third-order valence-electron chi connectivity index (χ3n) is 7.86. The fourth-order valence-corrected chi connectivity index (χ4v) is 6.45. The van der Waals surface area contributed by atoms with Crippen molar-refractivity contribution >= 4 is 25.2 Å². The zero-order valence-corrected chi connectivity index (χ0v) is 28.3. The topological polar surface area (TPSA) is 145 Å². The monoisotopic (exact) mass is 647 g/mol. The summed E-state index contributed by atoms with van der Waals surface area (Å²) >= 11 is 0. The van der Waals surface area contributed by atoms with Crippen LogP contribution in [0.5, 0.6) is 0 Å². The van der Waals surface area contributed by atoms with Crippen LogP contribution in [0.25, 0.3) is 44.3 Å². The van der Waals surface area contributed by atoms with Gasteiger partial charge in [0, 0.05) is 37.2 Å². The highest BCUT2D eigenvalue weighted by Crippen LogP contribution is 2.39. The number of carbonyl (C=O) groups excluding carboxylic acids is 1. The molecule has 12 nitrogen and oxygen atoms in total. The molecule has 4 aromatic rings. The molecule has 0 spiro atoms. The maximum atomic E-state index is 15.3. The van der Waals surface area contributed by atoms with Crippen LogP contribution in [0.15, 0.2) is 53.9 Å². The summed E-state index contributed by atoms with van der Waals surface area (Å²) in [5.74, 6) is 0.490. The van der Waals surface area contributed by atoms with Gasteiger partial charge in [-0.2, -0.15) is 0 Å². The maximum absolute atomic E-state index is 15.3. The summed E-state index contributed by atoms with van der Waals surface area (Å²) in [5.41, 5.74) is 11.3. The molecule has 1 aliphatic carbocycles. The lowest BCUT2D eigenvalue weighted by Gasteiger charge is -2.37. The summed E-state index contributed by atoms with van der Waals surface area (Å²) in [7, 11) is -1.20. The van der Waals surface area contributed by atoms with Gasteiger partial charge in [0.25, 0.3) is 0 Å². The van der Waals surface area contributed by atoms with Gasteiger partial charge in [-0.3, -0.25) is 0 Å². The van der Waals surface area contributed by atoms with Crippen molar-refractivity contribution in [3.05, 3.63) is 65.1 Å². The minimum absolute atomic E-state index is 0.303. The molecule has 1 aliphatic rings. The molecule has 2 aromatic heterocycles. The second-order valence-electron chi connectivity index (χ2n) is 13.9. The van der Waals surface area contributed by atoms with Gasteiger partial charge in [-0.25, -0.2) is 23.8 Å². The predicted molar refractivity (Wildman–Crippen MR) is 177 cm³/mol. The van der Waals surface area contributed by atoms with Gasteiger partial charge in [0.2, 0.25) is 0 Å². The Kier molecular flexibility index (Phi) is 9.80. The van der Waals surface area contributed by atoms with Crippen LogP contribution in [0.1, 0.15) is 46.1 Å². The molecule has 3 atom stereocenters. The lowest BCUT2D eigenvalue weighted by Crippen LogP contribution is -2.49. The third-order valence-corrected chi connectivity index (χ3v) is 9.56. The average molecular weight is 648 g/mol. The number of nitrogens with zero attached hydrogens (tertiary/aromatic N) is 8. The molecule has 2 aromatic carbocycles. The molecule has 1 amide bonds. The molecule has 2 heterocycles. The predicted octanol–water partition coefficient (Wildman–Crippen LogP) is 7.71. The number of ether oxygens (including phenoxy) is 2. The normalized spacial score (nSPS) is 18.7. The molecular weight excluding hydrogens is 605 g/mol. The number of rotatable bonds is 10. The Morgan fingerprint density at radius 2 is 1.98 bits per heavy atom. The van der Waals surface area contributed by atoms with Gasteiger partial charge in [0.1, 0.15) is 30.3 Å². The fourth-order valence-electron chi connectivity index (χ4n) is 5.70. The Labute approximate surface area is 269 Å². The number of alkyl carbamates (subject to hydrolysis) is 1. The molecule has 0 unspecified atom stereocenters. The number of aromatic nitrogens is 5. The van der Waals surface area contributed by atoms with Crippen LogP contribution in [0.4, 0.5) is 9.18 Å². The van der Waals surface area contributed by atoms with Crippen LogP contribution in [-0.2, 0) is 16.2 Å². The van der Waals surface area contributed by atoms with E-state index in [4.69, 9.17) is 14.5 Å². The van der Waals surface area contributed by atoms with Gasteiger partial charge < -0.3 is 19.4 Å². The fraction of sp³-hybridized carbons (Fsp3) is 0.500. The first kappa shape index (κ1) is 33.1.